The minimum Gasteiger partial charge on any atom is -0.464 e. The van der Waals surface area contributed by atoms with E-state index in [1.54, 1.807) is 18.3 Å². The molecule has 0 bridgehead atoms. The number of fused-ring (bicyclic) bond motifs is 3. The molecule has 4 rings (SSSR count). The highest BCUT2D eigenvalue weighted by Crippen LogP contribution is 2.47. The Balaban J connectivity index is 0.00000140. The van der Waals surface area contributed by atoms with Crippen LogP contribution < -0.4 is 15.5 Å². The number of benzene rings is 1. The van der Waals surface area contributed by atoms with Gasteiger partial charge in [-0.1, -0.05) is 45.0 Å². The first-order valence-electron chi connectivity index (χ1n) is 10.8. The molecule has 2 N–H and O–H groups in total. The quantitative estimate of drug-likeness (QED) is 0.469. The van der Waals surface area contributed by atoms with Crippen LogP contribution in [0.15, 0.2) is 36.5 Å². The van der Waals surface area contributed by atoms with Crippen molar-refractivity contribution in [2.24, 2.45) is 0 Å². The highest BCUT2D eigenvalue weighted by atomic mass is 35.5. The van der Waals surface area contributed by atoms with Gasteiger partial charge in [-0.2, -0.15) is 0 Å². The number of esters is 1. The number of hydrogen-bond acceptors (Lipinski definition) is 8. The zero-order valence-corrected chi connectivity index (χ0v) is 20.7. The van der Waals surface area contributed by atoms with E-state index < -0.39 is 5.97 Å². The Labute approximate surface area is 210 Å². The largest absolute Gasteiger partial charge is 0.464 e. The van der Waals surface area contributed by atoms with Gasteiger partial charge in [0.05, 0.1) is 30.2 Å². The van der Waals surface area contributed by atoms with Crippen molar-refractivity contribution in [3.8, 4) is 11.1 Å². The van der Waals surface area contributed by atoms with Gasteiger partial charge in [0.1, 0.15) is 5.69 Å². The summed E-state index contributed by atoms with van der Waals surface area (Å²) in [5, 5.41) is 13.7. The fourth-order valence-electron chi connectivity index (χ4n) is 3.80. The van der Waals surface area contributed by atoms with Gasteiger partial charge in [-0.3, -0.25) is 4.79 Å². The third-order valence-corrected chi connectivity index (χ3v) is 5.70. The van der Waals surface area contributed by atoms with Gasteiger partial charge in [-0.25, -0.2) is 9.78 Å². The maximum Gasteiger partial charge on any atom is 0.356 e. The molecule has 1 amide bonds. The van der Waals surface area contributed by atoms with Crippen molar-refractivity contribution in [3.05, 3.63) is 58.6 Å². The summed E-state index contributed by atoms with van der Waals surface area (Å²) in [7, 11) is 4.82. The lowest BCUT2D eigenvalue weighted by Gasteiger charge is -2.37. The molecule has 1 aliphatic rings. The molecular formula is C25H31ClN6O3. The smallest absolute Gasteiger partial charge is 0.356 e. The molecule has 3 aromatic rings. The van der Waals surface area contributed by atoms with Gasteiger partial charge in [0.25, 0.3) is 5.91 Å². The summed E-state index contributed by atoms with van der Waals surface area (Å²) in [4.78, 5) is 30.6. The summed E-state index contributed by atoms with van der Waals surface area (Å²) in [6.07, 6.45) is 1.69. The number of rotatable bonds is 4. The molecule has 1 aliphatic heterocycles. The van der Waals surface area contributed by atoms with Gasteiger partial charge >= 0.3 is 5.97 Å². The first kappa shape index (κ1) is 27.5. The first-order valence-corrected chi connectivity index (χ1v) is 11.2. The zero-order valence-electron chi connectivity index (χ0n) is 19.9. The molecule has 2 aromatic heterocycles. The molecule has 9 nitrogen and oxygen atoms in total. The summed E-state index contributed by atoms with van der Waals surface area (Å²) in [5.74, 6) is -0.860. The van der Waals surface area contributed by atoms with E-state index in [0.717, 1.165) is 28.1 Å². The Kier molecular flexibility index (Phi) is 9.13. The average molecular weight is 499 g/mol. The SMILES string of the molecule is C.CC.CNC(=O)c1nnc(Cl)cc1Nc1cccc2c1N(C)C(C)c1cc(C(=O)OC)ncc1-2. The van der Waals surface area contributed by atoms with Gasteiger partial charge in [0.15, 0.2) is 10.8 Å². The minimum absolute atomic E-state index is 0. The summed E-state index contributed by atoms with van der Waals surface area (Å²) < 4.78 is 4.81. The monoisotopic (exact) mass is 498 g/mol. The van der Waals surface area contributed by atoms with Crippen LogP contribution in [0.25, 0.3) is 11.1 Å². The third kappa shape index (κ3) is 5.19. The van der Waals surface area contributed by atoms with E-state index in [1.165, 1.54) is 14.2 Å². The Morgan fingerprint density at radius 2 is 1.83 bits per heavy atom. The summed E-state index contributed by atoms with van der Waals surface area (Å²) >= 11 is 6.04. The van der Waals surface area contributed by atoms with Crippen LogP contribution in [0.5, 0.6) is 0 Å². The number of halogens is 1. The van der Waals surface area contributed by atoms with E-state index in [-0.39, 0.29) is 35.9 Å². The van der Waals surface area contributed by atoms with Gasteiger partial charge in [0.2, 0.25) is 0 Å². The number of aromatic nitrogens is 3. The fraction of sp³-hybridized carbons (Fsp3) is 0.320. The third-order valence-electron chi connectivity index (χ3n) is 5.52. The van der Waals surface area contributed by atoms with Gasteiger partial charge in [0, 0.05) is 37.5 Å². The molecule has 0 aliphatic carbocycles. The molecule has 0 spiro atoms. The van der Waals surface area contributed by atoms with Crippen molar-refractivity contribution in [2.75, 3.05) is 31.4 Å². The van der Waals surface area contributed by atoms with Crippen LogP contribution in [0.3, 0.4) is 0 Å². The summed E-state index contributed by atoms with van der Waals surface area (Å²) in [6.45, 7) is 6.04. The van der Waals surface area contributed by atoms with Crippen molar-refractivity contribution >= 4 is 40.5 Å². The maximum absolute atomic E-state index is 12.3. The molecule has 3 heterocycles. The summed E-state index contributed by atoms with van der Waals surface area (Å²) in [6, 6.07) is 9.07. The predicted molar refractivity (Wildman–Crippen MR) is 140 cm³/mol. The van der Waals surface area contributed by atoms with Gasteiger partial charge in [-0.15, -0.1) is 10.2 Å². The van der Waals surface area contributed by atoms with Crippen molar-refractivity contribution in [1.82, 2.24) is 20.5 Å². The van der Waals surface area contributed by atoms with Gasteiger partial charge in [-0.05, 0) is 24.6 Å². The second-order valence-electron chi connectivity index (χ2n) is 7.27. The Morgan fingerprint density at radius 3 is 2.49 bits per heavy atom. The van der Waals surface area contributed by atoms with Crippen LogP contribution in [0.1, 0.15) is 60.8 Å². The van der Waals surface area contributed by atoms with E-state index in [9.17, 15) is 9.59 Å². The van der Waals surface area contributed by atoms with Crippen LogP contribution in [0, 0.1) is 0 Å². The first-order chi connectivity index (χ1) is 16.3. The van der Waals surface area contributed by atoms with Crippen molar-refractivity contribution in [3.63, 3.8) is 0 Å². The van der Waals surface area contributed by atoms with Crippen LogP contribution in [-0.4, -0.2) is 48.3 Å². The number of nitrogens with one attached hydrogen (secondary N) is 2. The fourth-order valence-corrected chi connectivity index (χ4v) is 3.94. The highest BCUT2D eigenvalue weighted by molar-refractivity contribution is 6.29. The van der Waals surface area contributed by atoms with Crippen LogP contribution in [-0.2, 0) is 4.74 Å². The molecule has 10 heteroatoms. The molecule has 186 valence electrons. The molecule has 1 atom stereocenters. The zero-order chi connectivity index (χ0) is 25.0. The second-order valence-corrected chi connectivity index (χ2v) is 7.66. The molecular weight excluding hydrogens is 468 g/mol. The van der Waals surface area contributed by atoms with Crippen LogP contribution in [0.4, 0.5) is 17.1 Å². The molecule has 1 aromatic carbocycles. The number of pyridine rings is 1. The number of nitrogens with zero attached hydrogens (tertiary/aromatic N) is 4. The Hall–Kier alpha value is -3.72. The topological polar surface area (TPSA) is 109 Å². The van der Waals surface area contributed by atoms with Crippen molar-refractivity contribution in [1.29, 1.82) is 0 Å². The van der Waals surface area contributed by atoms with E-state index in [4.69, 9.17) is 16.3 Å². The van der Waals surface area contributed by atoms with E-state index in [1.807, 2.05) is 46.0 Å². The molecule has 0 saturated carbocycles. The number of carbonyl (C=O) groups excluding carboxylic acids is 2. The molecule has 35 heavy (non-hydrogen) atoms. The number of carbonyl (C=O) groups is 2. The minimum atomic E-state index is -0.479. The average Bonchev–Trinajstić information content (AvgIpc) is 2.87. The van der Waals surface area contributed by atoms with E-state index in [0.29, 0.717) is 5.69 Å². The number of ether oxygens (including phenoxy) is 1. The molecule has 0 radical (unpaired) electrons. The maximum atomic E-state index is 12.3. The lowest BCUT2D eigenvalue weighted by atomic mass is 9.89. The van der Waals surface area contributed by atoms with E-state index >= 15 is 0 Å². The number of amides is 1. The normalized spacial score (nSPS) is 13.2. The lowest BCUT2D eigenvalue weighted by molar-refractivity contribution is 0.0593. The van der Waals surface area contributed by atoms with Crippen molar-refractivity contribution in [2.45, 2.75) is 34.2 Å². The van der Waals surface area contributed by atoms with Crippen molar-refractivity contribution < 1.29 is 14.3 Å². The van der Waals surface area contributed by atoms with Crippen LogP contribution >= 0.6 is 11.6 Å². The summed E-state index contributed by atoms with van der Waals surface area (Å²) in [5.41, 5.74) is 5.31. The number of para-hydroxylation sites is 1. The second kappa shape index (κ2) is 11.6. The standard InChI is InChI=1S/C22H21ClN6O3.C2H6.CH4/c1-11-13-8-17(22(31)32-4)25-10-14(13)12-6-5-7-15(20(12)29(11)3)26-16-9-18(23)27-28-19(16)21(30)24-2;1-2;/h5-11H,1-4H3,(H,24,30)(H,26,27);1-2H3;1H4. The van der Waals surface area contributed by atoms with Crippen LogP contribution in [0.2, 0.25) is 5.15 Å². The molecule has 0 fully saturated rings. The molecule has 1 unspecified atom stereocenters. The molecule has 0 saturated heterocycles. The predicted octanol–water partition coefficient (Wildman–Crippen LogP) is 5.25. The van der Waals surface area contributed by atoms with Gasteiger partial charge < -0.3 is 20.3 Å². The number of methoxy groups -OCH3 is 1. The highest BCUT2D eigenvalue weighted by Gasteiger charge is 2.30. The van der Waals surface area contributed by atoms with E-state index in [2.05, 4.69) is 30.7 Å². The number of hydrogen-bond donors (Lipinski definition) is 2. The Morgan fingerprint density at radius 1 is 1.11 bits per heavy atom. The lowest BCUT2D eigenvalue weighted by Crippen LogP contribution is -2.28. The number of anilines is 3. The Bertz CT molecular complexity index is 1230.